The van der Waals surface area contributed by atoms with Gasteiger partial charge in [0.25, 0.3) is 11.8 Å². The van der Waals surface area contributed by atoms with Crippen LogP contribution in [0.5, 0.6) is 5.75 Å². The number of nitrogens with one attached hydrogen (secondary N) is 2. The summed E-state index contributed by atoms with van der Waals surface area (Å²) >= 11 is 5.84. The van der Waals surface area contributed by atoms with Crippen LogP contribution in [0, 0.1) is 0 Å². The van der Waals surface area contributed by atoms with Gasteiger partial charge < -0.3 is 21.1 Å². The summed E-state index contributed by atoms with van der Waals surface area (Å²) in [4.78, 5) is 34.3. The van der Waals surface area contributed by atoms with Crippen molar-refractivity contribution in [2.75, 3.05) is 16.9 Å². The van der Waals surface area contributed by atoms with Gasteiger partial charge in [-0.1, -0.05) is 11.6 Å². The normalized spacial score (nSPS) is 17.6. The number of carbonyl (C=O) groups is 2. The maximum Gasteiger partial charge on any atom is 0.277 e. The van der Waals surface area contributed by atoms with Crippen LogP contribution in [0.3, 0.4) is 0 Å². The second-order valence-electron chi connectivity index (χ2n) is 8.75. The Balaban J connectivity index is 1.59. The molecule has 0 aliphatic heterocycles. The van der Waals surface area contributed by atoms with E-state index in [0.29, 0.717) is 17.9 Å². The lowest BCUT2D eigenvalue weighted by atomic mass is 9.93. The monoisotopic (exact) mass is 543 g/mol. The van der Waals surface area contributed by atoms with Crippen molar-refractivity contribution in [3.8, 4) is 5.75 Å². The summed E-state index contributed by atoms with van der Waals surface area (Å²) in [6, 6.07) is 10.4. The van der Waals surface area contributed by atoms with E-state index in [4.69, 9.17) is 22.1 Å². The number of rotatable bonds is 7. The summed E-state index contributed by atoms with van der Waals surface area (Å²) in [5.74, 6) is -0.778. The van der Waals surface area contributed by atoms with E-state index < -0.39 is 21.7 Å². The number of sulfone groups is 1. The molecule has 2 heterocycles. The lowest BCUT2D eigenvalue weighted by Gasteiger charge is -2.27. The number of carbonyl (C=O) groups excluding carboxylic acids is 2. The molecule has 0 spiro atoms. The van der Waals surface area contributed by atoms with Crippen LogP contribution in [0.1, 0.15) is 46.5 Å². The number of nitrogens with two attached hydrogens (primary N) is 1. The molecule has 0 bridgehead atoms. The molecule has 1 saturated carbocycles. The number of anilines is 2. The first-order valence-electron chi connectivity index (χ1n) is 11.6. The third kappa shape index (κ3) is 6.82. The standard InChI is InChI=1S/C25H26ClN5O5S/c1-37(34,35)18-9-10-19(21(13-18)36-17-7-5-16(27)6-8-17)24(32)30-20-3-2-12-28-23(20)25(33)31-22-11-4-15(26)14-29-22/h2-4,9-14,16-17H,5-8,27H2,1H3,(H,30,32)(H,29,31,33). The minimum atomic E-state index is -3.54. The van der Waals surface area contributed by atoms with Crippen molar-refractivity contribution in [1.29, 1.82) is 0 Å². The Labute approximate surface area is 219 Å². The summed E-state index contributed by atoms with van der Waals surface area (Å²) in [7, 11) is -3.54. The van der Waals surface area contributed by atoms with Gasteiger partial charge in [0.05, 0.1) is 27.3 Å². The van der Waals surface area contributed by atoms with Crippen molar-refractivity contribution in [2.24, 2.45) is 5.73 Å². The first kappa shape index (κ1) is 26.5. The molecule has 12 heteroatoms. The van der Waals surface area contributed by atoms with Gasteiger partial charge in [0.2, 0.25) is 0 Å². The molecule has 1 fully saturated rings. The van der Waals surface area contributed by atoms with Gasteiger partial charge in [-0.2, -0.15) is 0 Å². The number of hydrogen-bond donors (Lipinski definition) is 3. The molecule has 37 heavy (non-hydrogen) atoms. The highest BCUT2D eigenvalue weighted by Crippen LogP contribution is 2.29. The molecule has 2 amide bonds. The van der Waals surface area contributed by atoms with Crippen molar-refractivity contribution >= 4 is 44.8 Å². The van der Waals surface area contributed by atoms with Crippen LogP contribution >= 0.6 is 11.6 Å². The van der Waals surface area contributed by atoms with E-state index in [9.17, 15) is 18.0 Å². The quantitative estimate of drug-likeness (QED) is 0.408. The van der Waals surface area contributed by atoms with Crippen LogP contribution in [0.25, 0.3) is 0 Å². The molecule has 0 unspecified atom stereocenters. The predicted octanol–water partition coefficient (Wildman–Crippen LogP) is 3.69. The molecule has 4 rings (SSSR count). The molecule has 0 saturated heterocycles. The smallest absolute Gasteiger partial charge is 0.277 e. The highest BCUT2D eigenvalue weighted by Gasteiger charge is 2.25. The largest absolute Gasteiger partial charge is 0.490 e. The number of amides is 2. The maximum atomic E-state index is 13.3. The highest BCUT2D eigenvalue weighted by molar-refractivity contribution is 7.90. The molecule has 0 atom stereocenters. The van der Waals surface area contributed by atoms with Gasteiger partial charge in [0.1, 0.15) is 11.6 Å². The molecule has 4 N–H and O–H groups in total. The number of hydrogen-bond acceptors (Lipinski definition) is 8. The Kier molecular flexibility index (Phi) is 8.06. The van der Waals surface area contributed by atoms with Crippen molar-refractivity contribution < 1.29 is 22.7 Å². The van der Waals surface area contributed by atoms with Gasteiger partial charge in [-0.15, -0.1) is 0 Å². The molecule has 1 aromatic carbocycles. The topological polar surface area (TPSA) is 153 Å². The van der Waals surface area contributed by atoms with E-state index in [1.807, 2.05) is 0 Å². The van der Waals surface area contributed by atoms with Crippen molar-refractivity contribution in [1.82, 2.24) is 9.97 Å². The lowest BCUT2D eigenvalue weighted by molar-refractivity contribution is 0.101. The van der Waals surface area contributed by atoms with Crippen molar-refractivity contribution in [3.63, 3.8) is 0 Å². The van der Waals surface area contributed by atoms with E-state index in [2.05, 4.69) is 20.6 Å². The third-order valence-electron chi connectivity index (χ3n) is 5.88. The molecule has 1 aliphatic carbocycles. The van der Waals surface area contributed by atoms with Crippen molar-refractivity contribution in [3.05, 3.63) is 71.1 Å². The zero-order valence-corrected chi connectivity index (χ0v) is 21.6. The molecule has 2 aromatic heterocycles. The summed E-state index contributed by atoms with van der Waals surface area (Å²) in [6.45, 7) is 0. The Morgan fingerprint density at radius 2 is 1.78 bits per heavy atom. The van der Waals surface area contributed by atoms with Gasteiger partial charge >= 0.3 is 0 Å². The average Bonchev–Trinajstić information content (AvgIpc) is 2.86. The number of pyridine rings is 2. The van der Waals surface area contributed by atoms with Gasteiger partial charge in [-0.3, -0.25) is 9.59 Å². The van der Waals surface area contributed by atoms with E-state index in [-0.39, 0.29) is 45.6 Å². The highest BCUT2D eigenvalue weighted by atomic mass is 35.5. The minimum Gasteiger partial charge on any atom is -0.490 e. The number of halogens is 1. The zero-order chi connectivity index (χ0) is 26.6. The van der Waals surface area contributed by atoms with Crippen LogP contribution in [-0.2, 0) is 9.84 Å². The fraction of sp³-hybridized carbons (Fsp3) is 0.280. The molecular formula is C25H26ClN5O5S. The lowest BCUT2D eigenvalue weighted by Crippen LogP contribution is -2.32. The first-order valence-corrected chi connectivity index (χ1v) is 13.8. The second kappa shape index (κ2) is 11.2. The van der Waals surface area contributed by atoms with E-state index in [1.165, 1.54) is 42.7 Å². The summed E-state index contributed by atoms with van der Waals surface area (Å²) in [6.07, 6.45) is 6.62. The van der Waals surface area contributed by atoms with Crippen molar-refractivity contribution in [2.45, 2.75) is 42.7 Å². The molecular weight excluding hydrogens is 518 g/mol. The number of nitrogens with zero attached hydrogens (tertiary/aromatic N) is 2. The summed E-state index contributed by atoms with van der Waals surface area (Å²) < 4.78 is 30.4. The second-order valence-corrected chi connectivity index (χ2v) is 11.2. The number of aromatic nitrogens is 2. The summed E-state index contributed by atoms with van der Waals surface area (Å²) in [5.41, 5.74) is 6.22. The number of ether oxygens (including phenoxy) is 1. The van der Waals surface area contributed by atoms with Gasteiger partial charge in [0.15, 0.2) is 15.5 Å². The SMILES string of the molecule is CS(=O)(=O)c1ccc(C(=O)Nc2cccnc2C(=O)Nc2ccc(Cl)cn2)c(OC2CCC(N)CC2)c1. The van der Waals surface area contributed by atoms with Crippen LogP contribution in [-0.4, -0.2) is 48.6 Å². The van der Waals surface area contributed by atoms with Crippen LogP contribution in [0.2, 0.25) is 5.02 Å². The van der Waals surface area contributed by atoms with Gasteiger partial charge in [-0.25, -0.2) is 18.4 Å². The molecule has 194 valence electrons. The van der Waals surface area contributed by atoms with E-state index >= 15 is 0 Å². The fourth-order valence-electron chi connectivity index (χ4n) is 3.91. The Hall–Kier alpha value is -3.54. The third-order valence-corrected chi connectivity index (χ3v) is 7.21. The zero-order valence-electron chi connectivity index (χ0n) is 20.0. The summed E-state index contributed by atoms with van der Waals surface area (Å²) in [5, 5.41) is 5.72. The Bertz CT molecular complexity index is 1410. The molecule has 10 nitrogen and oxygen atoms in total. The van der Waals surface area contributed by atoms with E-state index in [1.54, 1.807) is 12.1 Å². The van der Waals surface area contributed by atoms with Crippen LogP contribution in [0.4, 0.5) is 11.5 Å². The van der Waals surface area contributed by atoms with Gasteiger partial charge in [0, 0.05) is 24.7 Å². The van der Waals surface area contributed by atoms with Gasteiger partial charge in [-0.05, 0) is 68.1 Å². The van der Waals surface area contributed by atoms with Crippen LogP contribution < -0.4 is 21.1 Å². The molecule has 1 aliphatic rings. The van der Waals surface area contributed by atoms with Crippen LogP contribution in [0.15, 0.2) is 59.8 Å². The molecule has 0 radical (unpaired) electrons. The Morgan fingerprint density at radius 1 is 1.03 bits per heavy atom. The fourth-order valence-corrected chi connectivity index (χ4v) is 4.65. The predicted molar refractivity (Wildman–Crippen MR) is 140 cm³/mol. The van der Waals surface area contributed by atoms with E-state index in [0.717, 1.165) is 19.1 Å². The first-order chi connectivity index (χ1) is 17.6. The Morgan fingerprint density at radius 3 is 2.46 bits per heavy atom. The number of benzene rings is 1. The molecule has 3 aromatic rings. The maximum absolute atomic E-state index is 13.3. The average molecular weight is 544 g/mol. The minimum absolute atomic E-state index is 0.0310.